The minimum atomic E-state index is -3.41. The van der Waals surface area contributed by atoms with Crippen molar-refractivity contribution in [2.24, 2.45) is 10.8 Å². The first kappa shape index (κ1) is 17.2. The average molecular weight is 381 g/mol. The maximum Gasteiger partial charge on any atom is 0.246 e. The van der Waals surface area contributed by atoms with Gasteiger partial charge in [0.2, 0.25) is 10.0 Å². The van der Waals surface area contributed by atoms with Crippen LogP contribution >= 0.6 is 0 Å². The number of ether oxygens (including phenoxy) is 1. The Morgan fingerprint density at radius 3 is 2.42 bits per heavy atom. The topological polar surface area (TPSA) is 63.0 Å². The molecule has 4 aliphatic rings. The maximum absolute atomic E-state index is 12.9. The number of nitrogens with zero attached hydrogens (tertiary/aromatic N) is 2. The Morgan fingerprint density at radius 1 is 1.12 bits per heavy atom. The lowest BCUT2D eigenvalue weighted by Gasteiger charge is -2.57. The molecule has 1 aromatic heterocycles. The molecule has 3 saturated heterocycles. The summed E-state index contributed by atoms with van der Waals surface area (Å²) in [4.78, 5) is 2.97. The molecule has 1 saturated carbocycles. The molecule has 144 valence electrons. The SMILES string of the molecule is Cc1occc1S(=O)(=O)N1CCC2(CCC(N3CC4(COC4)C3)C2)CC1. The molecule has 0 amide bonds. The Labute approximate surface area is 155 Å². The lowest BCUT2D eigenvalue weighted by Crippen LogP contribution is -2.67. The number of hydrogen-bond donors (Lipinski definition) is 0. The van der Waals surface area contributed by atoms with Crippen LogP contribution in [0.2, 0.25) is 0 Å². The highest BCUT2D eigenvalue weighted by Gasteiger charge is 2.53. The molecule has 0 aromatic carbocycles. The van der Waals surface area contributed by atoms with Gasteiger partial charge in [-0.05, 0) is 50.5 Å². The van der Waals surface area contributed by atoms with E-state index in [9.17, 15) is 8.42 Å². The van der Waals surface area contributed by atoms with E-state index >= 15 is 0 Å². The Morgan fingerprint density at radius 2 is 1.85 bits per heavy atom. The summed E-state index contributed by atoms with van der Waals surface area (Å²) >= 11 is 0. The first-order valence-electron chi connectivity index (χ1n) is 9.78. The average Bonchev–Trinajstić information content (AvgIpc) is 3.13. The van der Waals surface area contributed by atoms with Gasteiger partial charge in [-0.3, -0.25) is 4.90 Å². The van der Waals surface area contributed by atoms with Crippen molar-refractivity contribution in [1.29, 1.82) is 0 Å². The predicted octanol–water partition coefficient (Wildman–Crippen LogP) is 2.24. The molecule has 26 heavy (non-hydrogen) atoms. The molecule has 1 atom stereocenters. The van der Waals surface area contributed by atoms with Crippen LogP contribution in [0.3, 0.4) is 0 Å². The van der Waals surface area contributed by atoms with Gasteiger partial charge in [0.05, 0.1) is 19.5 Å². The molecule has 6 nitrogen and oxygen atoms in total. The van der Waals surface area contributed by atoms with Crippen LogP contribution in [0.4, 0.5) is 0 Å². The summed E-state index contributed by atoms with van der Waals surface area (Å²) in [5, 5.41) is 0. The largest absolute Gasteiger partial charge is 0.468 e. The quantitative estimate of drug-likeness (QED) is 0.805. The van der Waals surface area contributed by atoms with E-state index in [0.29, 0.717) is 40.6 Å². The predicted molar refractivity (Wildman–Crippen MR) is 96.3 cm³/mol. The highest BCUT2D eigenvalue weighted by molar-refractivity contribution is 7.89. The Bertz CT molecular complexity index is 782. The molecule has 5 rings (SSSR count). The first-order chi connectivity index (χ1) is 12.4. The molecule has 0 bridgehead atoms. The van der Waals surface area contributed by atoms with Crippen LogP contribution in [0.15, 0.2) is 21.6 Å². The fourth-order valence-electron chi connectivity index (χ4n) is 5.57. The van der Waals surface area contributed by atoms with Crippen molar-refractivity contribution in [3.63, 3.8) is 0 Å². The lowest BCUT2D eigenvalue weighted by atomic mass is 9.75. The van der Waals surface area contributed by atoms with Gasteiger partial charge in [-0.15, -0.1) is 0 Å². The molecule has 0 N–H and O–H groups in total. The third-order valence-corrected chi connectivity index (χ3v) is 9.32. The molecule has 2 spiro atoms. The Kier molecular flexibility index (Phi) is 3.84. The highest BCUT2D eigenvalue weighted by atomic mass is 32.2. The standard InChI is InChI=1S/C19H28N2O4S/c1-15-17(3-9-25-15)26(22,23)21-7-5-18(6-8-21)4-2-16(10-18)20-11-19(12-20)13-24-14-19/h3,9,16H,2,4-8,10-14H2,1H3. The third-order valence-electron chi connectivity index (χ3n) is 7.30. The third kappa shape index (κ3) is 2.58. The van der Waals surface area contributed by atoms with Crippen molar-refractivity contribution in [3.8, 4) is 0 Å². The molecule has 4 fully saturated rings. The Hall–Kier alpha value is -0.890. The second-order valence-corrected chi connectivity index (χ2v) is 10.9. The lowest BCUT2D eigenvalue weighted by molar-refractivity contribution is -0.198. The van der Waals surface area contributed by atoms with Crippen LogP contribution in [-0.4, -0.2) is 63.1 Å². The summed E-state index contributed by atoms with van der Waals surface area (Å²) in [6.45, 7) is 7.28. The zero-order valence-electron chi connectivity index (χ0n) is 15.4. The van der Waals surface area contributed by atoms with Gasteiger partial charge in [0.1, 0.15) is 10.7 Å². The monoisotopic (exact) mass is 380 g/mol. The second-order valence-electron chi connectivity index (χ2n) is 9.04. The van der Waals surface area contributed by atoms with Crippen LogP contribution in [0.25, 0.3) is 0 Å². The molecular formula is C19H28N2O4S. The van der Waals surface area contributed by atoms with Crippen LogP contribution in [0.1, 0.15) is 37.9 Å². The van der Waals surface area contributed by atoms with Crippen LogP contribution in [0, 0.1) is 17.8 Å². The van der Waals surface area contributed by atoms with E-state index in [0.717, 1.165) is 26.1 Å². The number of piperidine rings is 1. The smallest absolute Gasteiger partial charge is 0.246 e. The van der Waals surface area contributed by atoms with Gasteiger partial charge in [-0.2, -0.15) is 4.31 Å². The van der Waals surface area contributed by atoms with E-state index in [2.05, 4.69) is 4.90 Å². The second kappa shape index (κ2) is 5.80. The van der Waals surface area contributed by atoms with Crippen LogP contribution in [0.5, 0.6) is 0 Å². The molecule has 1 unspecified atom stereocenters. The Balaban J connectivity index is 1.20. The van der Waals surface area contributed by atoms with E-state index < -0.39 is 10.0 Å². The highest BCUT2D eigenvalue weighted by Crippen LogP contribution is 2.51. The van der Waals surface area contributed by atoms with Crippen molar-refractivity contribution >= 4 is 10.0 Å². The number of likely N-dealkylation sites (tertiary alicyclic amines) is 1. The van der Waals surface area contributed by atoms with E-state index in [-0.39, 0.29) is 0 Å². The maximum atomic E-state index is 12.9. The molecule has 7 heteroatoms. The molecule has 1 aliphatic carbocycles. The number of hydrogen-bond acceptors (Lipinski definition) is 5. The van der Waals surface area contributed by atoms with Gasteiger partial charge in [0.15, 0.2) is 0 Å². The molecular weight excluding hydrogens is 352 g/mol. The summed E-state index contributed by atoms with van der Waals surface area (Å²) in [5.41, 5.74) is 0.830. The number of aryl methyl sites for hydroxylation is 1. The number of rotatable bonds is 3. The van der Waals surface area contributed by atoms with E-state index in [1.54, 1.807) is 17.3 Å². The normalized spacial score (nSPS) is 31.2. The van der Waals surface area contributed by atoms with Gasteiger partial charge < -0.3 is 9.15 Å². The van der Waals surface area contributed by atoms with Crippen molar-refractivity contribution in [2.75, 3.05) is 39.4 Å². The molecule has 1 aromatic rings. The summed E-state index contributed by atoms with van der Waals surface area (Å²) in [7, 11) is -3.41. The molecule has 4 heterocycles. The minimum absolute atomic E-state index is 0.325. The van der Waals surface area contributed by atoms with Crippen LogP contribution in [-0.2, 0) is 14.8 Å². The van der Waals surface area contributed by atoms with E-state index in [1.807, 2.05) is 0 Å². The zero-order chi connectivity index (χ0) is 18.0. The van der Waals surface area contributed by atoms with Crippen LogP contribution < -0.4 is 0 Å². The van der Waals surface area contributed by atoms with Gasteiger partial charge >= 0.3 is 0 Å². The number of sulfonamides is 1. The first-order valence-corrected chi connectivity index (χ1v) is 11.2. The summed E-state index contributed by atoms with van der Waals surface area (Å²) < 4.78 is 38.0. The number of furan rings is 1. The van der Waals surface area contributed by atoms with Crippen molar-refractivity contribution in [2.45, 2.75) is 50.0 Å². The fourth-order valence-corrected chi connectivity index (χ4v) is 7.15. The van der Waals surface area contributed by atoms with Gasteiger partial charge in [0.25, 0.3) is 0 Å². The molecule has 0 radical (unpaired) electrons. The van der Waals surface area contributed by atoms with Crippen molar-refractivity contribution < 1.29 is 17.6 Å². The summed E-state index contributed by atoms with van der Waals surface area (Å²) in [6, 6.07) is 2.27. The van der Waals surface area contributed by atoms with E-state index in [4.69, 9.17) is 9.15 Å². The summed E-state index contributed by atoms with van der Waals surface area (Å²) in [5.74, 6) is 0.484. The fraction of sp³-hybridized carbons (Fsp3) is 0.789. The minimum Gasteiger partial charge on any atom is -0.468 e. The zero-order valence-corrected chi connectivity index (χ0v) is 16.3. The van der Waals surface area contributed by atoms with Crippen molar-refractivity contribution in [3.05, 3.63) is 18.1 Å². The van der Waals surface area contributed by atoms with Gasteiger partial charge in [-0.1, -0.05) is 0 Å². The van der Waals surface area contributed by atoms with Gasteiger partial charge in [0, 0.05) is 37.6 Å². The van der Waals surface area contributed by atoms with E-state index in [1.165, 1.54) is 38.6 Å². The molecule has 3 aliphatic heterocycles. The summed E-state index contributed by atoms with van der Waals surface area (Å²) in [6.07, 6.45) is 7.19. The van der Waals surface area contributed by atoms with Gasteiger partial charge in [-0.25, -0.2) is 8.42 Å². The van der Waals surface area contributed by atoms with Crippen molar-refractivity contribution in [1.82, 2.24) is 9.21 Å².